The van der Waals surface area contributed by atoms with Crippen molar-refractivity contribution in [2.45, 2.75) is 47.5 Å². The third kappa shape index (κ3) is 4.79. The molecule has 0 N–H and O–H groups in total. The van der Waals surface area contributed by atoms with Crippen molar-refractivity contribution in [3.05, 3.63) is 82.6 Å². The number of hydrogen-bond donors (Lipinski definition) is 0. The predicted octanol–water partition coefficient (Wildman–Crippen LogP) is 5.75. The number of hydrogen-bond acceptors (Lipinski definition) is 1. The average Bonchev–Trinajstić information content (AvgIpc) is 2.93. The molecule has 0 aliphatic rings. The van der Waals surface area contributed by atoms with Crippen LogP contribution in [0.1, 0.15) is 42.1 Å². The Morgan fingerprint density at radius 1 is 0.880 bits per heavy atom. The van der Waals surface area contributed by atoms with Crippen LogP contribution >= 0.6 is 0 Å². The van der Waals surface area contributed by atoms with E-state index in [9.17, 15) is 4.39 Å². The summed E-state index contributed by atoms with van der Waals surface area (Å²) >= 11 is 0. The van der Waals surface area contributed by atoms with Gasteiger partial charge in [0.1, 0.15) is 11.6 Å². The lowest BCUT2D eigenvalue weighted by atomic mass is 10.1. The van der Waals surface area contributed by atoms with E-state index >= 15 is 0 Å². The van der Waals surface area contributed by atoms with E-state index in [-0.39, 0.29) is 5.82 Å². The van der Waals surface area contributed by atoms with Crippen molar-refractivity contribution in [3.63, 3.8) is 0 Å². The van der Waals surface area contributed by atoms with Gasteiger partial charge in [-0.3, -0.25) is 0 Å². The second-order valence-corrected chi connectivity index (χ2v) is 6.08. The van der Waals surface area contributed by atoms with E-state index in [4.69, 9.17) is 4.98 Å². The maximum Gasteiger partial charge on any atom is 0.137 e. The Labute approximate surface area is 150 Å². The molecule has 0 saturated carbocycles. The molecule has 3 heteroatoms. The fraction of sp³-hybridized carbons (Fsp3) is 0.318. The molecular weight excluding hydrogens is 311 g/mol. The van der Waals surface area contributed by atoms with Crippen LogP contribution in [0.3, 0.4) is 0 Å². The van der Waals surface area contributed by atoms with Crippen molar-refractivity contribution in [1.29, 1.82) is 0 Å². The van der Waals surface area contributed by atoms with E-state index < -0.39 is 0 Å². The van der Waals surface area contributed by atoms with Gasteiger partial charge in [0.05, 0.1) is 0 Å². The quantitative estimate of drug-likeness (QED) is 0.592. The minimum Gasteiger partial charge on any atom is -0.303 e. The highest BCUT2D eigenvalue weighted by molar-refractivity contribution is 5.36. The summed E-state index contributed by atoms with van der Waals surface area (Å²) in [5.41, 5.74) is 5.59. The van der Waals surface area contributed by atoms with Gasteiger partial charge in [0.15, 0.2) is 0 Å². The molecule has 0 unspecified atom stereocenters. The number of nitrogens with zero attached hydrogens (tertiary/aromatic N) is 2. The molecule has 2 nitrogen and oxygen atoms in total. The normalized spacial score (nSPS) is 10.3. The molecule has 0 atom stereocenters. The van der Waals surface area contributed by atoms with Crippen LogP contribution in [0.4, 0.5) is 4.39 Å². The van der Waals surface area contributed by atoms with E-state index in [1.54, 1.807) is 12.1 Å². The van der Waals surface area contributed by atoms with Gasteiger partial charge in [-0.25, -0.2) is 9.37 Å². The van der Waals surface area contributed by atoms with E-state index in [0.29, 0.717) is 0 Å². The standard InChI is InChI=1S/C20H21FN2.C2H6/c1-14-11-19(10-9-17-5-4-6-18(21)13-17)22-20(12-14)23-15(2)7-8-16(23)3;1-2/h4-8,11-13H,9-10H2,1-3H3;1-2H3. The molecule has 0 fully saturated rings. The first-order chi connectivity index (χ1) is 12.0. The van der Waals surface area contributed by atoms with E-state index in [0.717, 1.165) is 29.9 Å². The molecule has 0 aliphatic carbocycles. The molecule has 1 aromatic carbocycles. The van der Waals surface area contributed by atoms with Crippen molar-refractivity contribution in [2.75, 3.05) is 0 Å². The fourth-order valence-electron chi connectivity index (χ4n) is 2.96. The van der Waals surface area contributed by atoms with Gasteiger partial charge in [-0.05, 0) is 81.1 Å². The lowest BCUT2D eigenvalue weighted by molar-refractivity contribution is 0.625. The molecule has 2 heterocycles. The summed E-state index contributed by atoms with van der Waals surface area (Å²) in [6.45, 7) is 10.3. The van der Waals surface area contributed by atoms with Crippen LogP contribution in [0.5, 0.6) is 0 Å². The third-order valence-corrected chi connectivity index (χ3v) is 4.07. The first-order valence-corrected chi connectivity index (χ1v) is 8.90. The first-order valence-electron chi connectivity index (χ1n) is 8.90. The molecule has 25 heavy (non-hydrogen) atoms. The number of rotatable bonds is 4. The fourth-order valence-corrected chi connectivity index (χ4v) is 2.96. The summed E-state index contributed by atoms with van der Waals surface area (Å²) in [5, 5.41) is 0. The Hall–Kier alpha value is -2.42. The maximum atomic E-state index is 13.3. The van der Waals surface area contributed by atoms with Gasteiger partial charge in [0.2, 0.25) is 0 Å². The van der Waals surface area contributed by atoms with Crippen LogP contribution in [-0.2, 0) is 12.8 Å². The van der Waals surface area contributed by atoms with Gasteiger partial charge in [0.25, 0.3) is 0 Å². The number of halogens is 1. The van der Waals surface area contributed by atoms with Crippen molar-refractivity contribution < 1.29 is 4.39 Å². The van der Waals surface area contributed by atoms with Crippen molar-refractivity contribution >= 4 is 0 Å². The average molecular weight is 338 g/mol. The molecular formula is C22H27FN2. The Morgan fingerprint density at radius 3 is 2.20 bits per heavy atom. The Kier molecular flexibility index (Phi) is 6.51. The summed E-state index contributed by atoms with van der Waals surface area (Å²) in [7, 11) is 0. The molecule has 0 bridgehead atoms. The van der Waals surface area contributed by atoms with Gasteiger partial charge < -0.3 is 4.57 Å². The van der Waals surface area contributed by atoms with Gasteiger partial charge in [0, 0.05) is 17.1 Å². The minimum atomic E-state index is -0.181. The number of aromatic nitrogens is 2. The van der Waals surface area contributed by atoms with Crippen LogP contribution in [0.15, 0.2) is 48.5 Å². The zero-order valence-electron chi connectivity index (χ0n) is 15.8. The molecule has 0 radical (unpaired) electrons. The highest BCUT2D eigenvalue weighted by Gasteiger charge is 2.08. The third-order valence-electron chi connectivity index (χ3n) is 4.07. The summed E-state index contributed by atoms with van der Waals surface area (Å²) in [5.74, 6) is 0.776. The SMILES string of the molecule is CC.Cc1cc(CCc2cccc(F)c2)nc(-n2c(C)ccc2C)c1. The summed E-state index contributed by atoms with van der Waals surface area (Å²) in [6, 6.07) is 15.2. The van der Waals surface area contributed by atoms with Gasteiger partial charge in [-0.1, -0.05) is 26.0 Å². The van der Waals surface area contributed by atoms with Crippen LogP contribution in [-0.4, -0.2) is 9.55 Å². The van der Waals surface area contributed by atoms with Crippen LogP contribution in [0, 0.1) is 26.6 Å². The van der Waals surface area contributed by atoms with Gasteiger partial charge in [-0.15, -0.1) is 0 Å². The molecule has 0 spiro atoms. The Balaban J connectivity index is 0.00000109. The Bertz CT molecular complexity index is 814. The molecule has 0 aliphatic heterocycles. The Morgan fingerprint density at radius 2 is 1.56 bits per heavy atom. The number of aryl methyl sites for hydroxylation is 5. The van der Waals surface area contributed by atoms with Crippen LogP contribution in [0.2, 0.25) is 0 Å². The zero-order chi connectivity index (χ0) is 18.4. The van der Waals surface area contributed by atoms with Crippen LogP contribution in [0.25, 0.3) is 5.82 Å². The maximum absolute atomic E-state index is 13.3. The predicted molar refractivity (Wildman–Crippen MR) is 103 cm³/mol. The summed E-state index contributed by atoms with van der Waals surface area (Å²) in [4.78, 5) is 4.80. The second-order valence-electron chi connectivity index (χ2n) is 6.08. The highest BCUT2D eigenvalue weighted by Crippen LogP contribution is 2.17. The van der Waals surface area contributed by atoms with Gasteiger partial charge in [-0.2, -0.15) is 0 Å². The monoisotopic (exact) mass is 338 g/mol. The van der Waals surface area contributed by atoms with Crippen LogP contribution < -0.4 is 0 Å². The van der Waals surface area contributed by atoms with E-state index in [1.165, 1.54) is 23.0 Å². The van der Waals surface area contributed by atoms with Gasteiger partial charge >= 0.3 is 0 Å². The topological polar surface area (TPSA) is 17.8 Å². The lowest BCUT2D eigenvalue weighted by Crippen LogP contribution is -2.05. The molecule has 0 amide bonds. The van der Waals surface area contributed by atoms with E-state index in [2.05, 4.69) is 49.6 Å². The number of pyridine rings is 1. The number of benzene rings is 1. The minimum absolute atomic E-state index is 0.181. The van der Waals surface area contributed by atoms with E-state index in [1.807, 2.05) is 19.9 Å². The molecule has 132 valence electrons. The molecule has 0 saturated heterocycles. The summed E-state index contributed by atoms with van der Waals surface area (Å²) < 4.78 is 15.4. The molecule has 3 aromatic rings. The van der Waals surface area contributed by atoms with Crippen molar-refractivity contribution in [3.8, 4) is 5.82 Å². The second kappa shape index (κ2) is 8.61. The smallest absolute Gasteiger partial charge is 0.137 e. The summed E-state index contributed by atoms with van der Waals surface area (Å²) in [6.07, 6.45) is 1.59. The molecule has 2 aromatic heterocycles. The molecule has 3 rings (SSSR count). The first kappa shape index (κ1) is 18.9. The highest BCUT2D eigenvalue weighted by atomic mass is 19.1. The van der Waals surface area contributed by atoms with Crippen molar-refractivity contribution in [1.82, 2.24) is 9.55 Å². The lowest BCUT2D eigenvalue weighted by Gasteiger charge is -2.12. The zero-order valence-corrected chi connectivity index (χ0v) is 15.8. The van der Waals surface area contributed by atoms with Crippen molar-refractivity contribution in [2.24, 2.45) is 0 Å². The largest absolute Gasteiger partial charge is 0.303 e.